The smallest absolute Gasteiger partial charge is 0.247 e. The van der Waals surface area contributed by atoms with Crippen LogP contribution in [-0.2, 0) is 20.8 Å². The highest BCUT2D eigenvalue weighted by atomic mass is 79.9. The van der Waals surface area contributed by atoms with Crippen LogP contribution >= 0.6 is 15.9 Å². The lowest BCUT2D eigenvalue weighted by Crippen LogP contribution is -2.46. The summed E-state index contributed by atoms with van der Waals surface area (Å²) in [6, 6.07) is 4.88. The third kappa shape index (κ3) is 2.46. The van der Waals surface area contributed by atoms with Crippen molar-refractivity contribution in [2.45, 2.75) is 32.7 Å². The van der Waals surface area contributed by atoms with E-state index < -0.39 is 6.04 Å². The summed E-state index contributed by atoms with van der Waals surface area (Å²) < 4.78 is 0.950. The van der Waals surface area contributed by atoms with E-state index in [0.717, 1.165) is 28.6 Å². The number of benzene rings is 1. The zero-order valence-corrected chi connectivity index (χ0v) is 17.5. The Kier molecular flexibility index (Phi) is 4.06. The first-order valence-electron chi connectivity index (χ1n) is 10.1. The molecule has 4 aliphatic carbocycles. The van der Waals surface area contributed by atoms with Gasteiger partial charge in [0, 0.05) is 10.2 Å². The van der Waals surface area contributed by atoms with Gasteiger partial charge < -0.3 is 5.32 Å². The summed E-state index contributed by atoms with van der Waals surface area (Å²) in [4.78, 5) is 40.5. The number of hydrogen-bond donors (Lipinski definition) is 1. The van der Waals surface area contributed by atoms with Crippen molar-refractivity contribution < 1.29 is 14.4 Å². The molecule has 0 unspecified atom stereocenters. The van der Waals surface area contributed by atoms with E-state index in [1.807, 2.05) is 25.1 Å². The minimum Gasteiger partial charge on any atom is -0.324 e. The first-order valence-corrected chi connectivity index (χ1v) is 10.9. The molecule has 6 rings (SSSR count). The maximum atomic E-state index is 13.2. The molecule has 2 bridgehead atoms. The second kappa shape index (κ2) is 6.28. The van der Waals surface area contributed by atoms with Gasteiger partial charge in [-0.25, -0.2) is 0 Å². The Balaban J connectivity index is 1.37. The van der Waals surface area contributed by atoms with Crippen molar-refractivity contribution in [3.63, 3.8) is 0 Å². The summed E-state index contributed by atoms with van der Waals surface area (Å²) in [6.45, 7) is 3.68. The quantitative estimate of drug-likeness (QED) is 0.573. The summed E-state index contributed by atoms with van der Waals surface area (Å²) >= 11 is 3.45. The van der Waals surface area contributed by atoms with E-state index in [1.165, 1.54) is 4.90 Å². The molecular weight excluding hydrogens is 420 g/mol. The molecule has 5 nitrogen and oxygen atoms in total. The topological polar surface area (TPSA) is 66.5 Å². The molecule has 3 fully saturated rings. The van der Waals surface area contributed by atoms with Crippen molar-refractivity contribution >= 4 is 39.3 Å². The zero-order chi connectivity index (χ0) is 19.7. The van der Waals surface area contributed by atoms with E-state index in [-0.39, 0.29) is 41.4 Å². The van der Waals surface area contributed by atoms with Gasteiger partial charge in [-0.05, 0) is 67.2 Å². The van der Waals surface area contributed by atoms with Gasteiger partial charge in [0.15, 0.2) is 0 Å². The number of anilines is 1. The average molecular weight is 443 g/mol. The van der Waals surface area contributed by atoms with Crippen molar-refractivity contribution in [1.29, 1.82) is 0 Å². The second-order valence-electron chi connectivity index (χ2n) is 8.52. The Bertz CT molecular complexity index is 890. The number of amides is 3. The van der Waals surface area contributed by atoms with Crippen LogP contribution in [0.2, 0.25) is 0 Å². The summed E-state index contributed by atoms with van der Waals surface area (Å²) in [5.41, 5.74) is 1.73. The third-order valence-electron chi connectivity index (χ3n) is 7.17. The maximum Gasteiger partial charge on any atom is 0.247 e. The van der Waals surface area contributed by atoms with Crippen LogP contribution in [-0.4, -0.2) is 28.7 Å². The minimum absolute atomic E-state index is 0.158. The summed E-state index contributed by atoms with van der Waals surface area (Å²) in [5, 5.41) is 2.92. The van der Waals surface area contributed by atoms with Gasteiger partial charge in [-0.15, -0.1) is 0 Å². The average Bonchev–Trinajstić information content (AvgIpc) is 3.46. The lowest BCUT2D eigenvalue weighted by atomic mass is 9.63. The fraction of sp³-hybridized carbons (Fsp3) is 0.500. The highest BCUT2D eigenvalue weighted by Crippen LogP contribution is 2.65. The molecule has 1 heterocycles. The fourth-order valence-corrected chi connectivity index (χ4v) is 6.10. The van der Waals surface area contributed by atoms with Crippen molar-refractivity contribution in [3.05, 3.63) is 40.4 Å². The van der Waals surface area contributed by atoms with Gasteiger partial charge in [-0.1, -0.05) is 35.0 Å². The van der Waals surface area contributed by atoms with Gasteiger partial charge >= 0.3 is 0 Å². The number of hydrogen-bond acceptors (Lipinski definition) is 3. The van der Waals surface area contributed by atoms with E-state index >= 15 is 0 Å². The first kappa shape index (κ1) is 18.1. The molecule has 1 saturated heterocycles. The predicted octanol–water partition coefficient (Wildman–Crippen LogP) is 3.39. The van der Waals surface area contributed by atoms with E-state index in [0.29, 0.717) is 11.8 Å². The number of rotatable bonds is 4. The van der Waals surface area contributed by atoms with Crippen LogP contribution in [0.5, 0.6) is 0 Å². The van der Waals surface area contributed by atoms with E-state index in [1.54, 1.807) is 6.92 Å². The van der Waals surface area contributed by atoms with Crippen LogP contribution in [0.4, 0.5) is 5.69 Å². The SMILES string of the molecule is CCc1cc(Br)ccc1NC(=O)[C@H](C)N1C(=O)[C@@H]2[C@H]3C=C[C@@H]([C@@H]4C[C@H]34)[C@@H]2C1=O. The van der Waals surface area contributed by atoms with Gasteiger partial charge in [-0.3, -0.25) is 19.3 Å². The number of likely N-dealkylation sites (tertiary alicyclic amines) is 1. The van der Waals surface area contributed by atoms with Crippen LogP contribution in [0, 0.1) is 35.5 Å². The van der Waals surface area contributed by atoms with Gasteiger partial charge in [0.1, 0.15) is 6.04 Å². The number of aryl methyl sites for hydroxylation is 1. The molecule has 1 aliphatic heterocycles. The Hall–Kier alpha value is -1.95. The van der Waals surface area contributed by atoms with Crippen molar-refractivity contribution in [1.82, 2.24) is 4.90 Å². The molecule has 0 radical (unpaired) electrons. The van der Waals surface area contributed by atoms with Gasteiger partial charge in [0.05, 0.1) is 11.8 Å². The first-order chi connectivity index (χ1) is 13.4. The molecule has 1 aromatic carbocycles. The predicted molar refractivity (Wildman–Crippen MR) is 108 cm³/mol. The van der Waals surface area contributed by atoms with Gasteiger partial charge in [-0.2, -0.15) is 0 Å². The monoisotopic (exact) mass is 442 g/mol. The van der Waals surface area contributed by atoms with Crippen molar-refractivity contribution in [3.8, 4) is 0 Å². The lowest BCUT2D eigenvalue weighted by Gasteiger charge is -2.37. The second-order valence-corrected chi connectivity index (χ2v) is 9.44. The number of allylic oxidation sites excluding steroid dienone is 2. The molecule has 146 valence electrons. The molecular formula is C22H23BrN2O3. The highest BCUT2D eigenvalue weighted by Gasteiger charge is 2.67. The Morgan fingerprint density at radius 3 is 2.36 bits per heavy atom. The molecule has 6 heteroatoms. The largest absolute Gasteiger partial charge is 0.324 e. The number of halogens is 1. The summed E-state index contributed by atoms with van der Waals surface area (Å²) in [5.74, 6) is 0.315. The molecule has 2 saturated carbocycles. The number of imide groups is 1. The molecule has 7 atom stereocenters. The normalized spacial score (nSPS) is 35.6. The molecule has 1 aromatic rings. The Morgan fingerprint density at radius 1 is 1.18 bits per heavy atom. The van der Waals surface area contributed by atoms with Crippen LogP contribution in [0.15, 0.2) is 34.8 Å². The highest BCUT2D eigenvalue weighted by molar-refractivity contribution is 9.10. The number of carbonyl (C=O) groups is 3. The molecule has 1 N–H and O–H groups in total. The molecule has 28 heavy (non-hydrogen) atoms. The Morgan fingerprint density at radius 2 is 1.79 bits per heavy atom. The standard InChI is InChI=1S/C22H23BrN2O3/c1-3-11-8-12(23)4-7-17(11)24-20(26)10(2)25-21(27)18-13-5-6-14(16-9-15(13)16)19(18)22(25)28/h4-8,10,13-16,18-19H,3,9H2,1-2H3,(H,24,26)/t10-,13-,14-,15-,16+,18-,19+/m0/s1. The summed E-state index contributed by atoms with van der Waals surface area (Å²) in [7, 11) is 0. The maximum absolute atomic E-state index is 13.2. The van der Waals surface area contributed by atoms with Crippen LogP contribution in [0.3, 0.4) is 0 Å². The summed E-state index contributed by atoms with van der Waals surface area (Å²) in [6.07, 6.45) is 6.20. The number of nitrogens with zero attached hydrogens (tertiary/aromatic N) is 1. The van der Waals surface area contributed by atoms with Crippen LogP contribution < -0.4 is 5.32 Å². The van der Waals surface area contributed by atoms with E-state index in [2.05, 4.69) is 33.4 Å². The van der Waals surface area contributed by atoms with Crippen LogP contribution in [0.1, 0.15) is 25.8 Å². The molecule has 3 amide bonds. The van der Waals surface area contributed by atoms with E-state index in [4.69, 9.17) is 0 Å². The Labute approximate surface area is 172 Å². The molecule has 0 aromatic heterocycles. The van der Waals surface area contributed by atoms with Gasteiger partial charge in [0.25, 0.3) is 0 Å². The van der Waals surface area contributed by atoms with Crippen LogP contribution in [0.25, 0.3) is 0 Å². The zero-order valence-electron chi connectivity index (χ0n) is 15.9. The van der Waals surface area contributed by atoms with E-state index in [9.17, 15) is 14.4 Å². The van der Waals surface area contributed by atoms with Crippen molar-refractivity contribution in [2.24, 2.45) is 35.5 Å². The lowest BCUT2D eigenvalue weighted by molar-refractivity contribution is -0.146. The fourth-order valence-electron chi connectivity index (χ4n) is 5.69. The third-order valence-corrected chi connectivity index (χ3v) is 7.66. The van der Waals surface area contributed by atoms with Gasteiger partial charge in [0.2, 0.25) is 17.7 Å². The minimum atomic E-state index is -0.810. The number of nitrogens with one attached hydrogen (secondary N) is 1. The van der Waals surface area contributed by atoms with Crippen molar-refractivity contribution in [2.75, 3.05) is 5.32 Å². The molecule has 0 spiro atoms. The molecule has 5 aliphatic rings. The number of carbonyl (C=O) groups excluding carboxylic acids is 3.